The second-order valence-corrected chi connectivity index (χ2v) is 10.7. The molecule has 7 nitrogen and oxygen atoms in total. The Morgan fingerprint density at radius 3 is 2.64 bits per heavy atom. The van der Waals surface area contributed by atoms with Gasteiger partial charge in [0.25, 0.3) is 5.56 Å². The first kappa shape index (κ1) is 23.3. The van der Waals surface area contributed by atoms with Crippen molar-refractivity contribution >= 4 is 22.2 Å². The summed E-state index contributed by atoms with van der Waals surface area (Å²) in [5.74, 6) is 0.825. The van der Waals surface area contributed by atoms with Gasteiger partial charge in [0.15, 0.2) is 5.82 Å². The van der Waals surface area contributed by atoms with Gasteiger partial charge in [-0.05, 0) is 86.2 Å². The average Bonchev–Trinajstić information content (AvgIpc) is 3.41. The van der Waals surface area contributed by atoms with Gasteiger partial charge in [0.1, 0.15) is 0 Å². The topological polar surface area (TPSA) is 79.7 Å². The standard InChI is InChI=1S/C25H32N6OS/c1-7-22(23-27-28-29-31(23)25(4,5)6)30(15-19-9-8-10-33-19)14-18-13-20-17(3)11-16(2)12-21(20)26-24(18)32/h8-13,22H,7,14-15H2,1-6H3,(H,26,32)/t22-/m0/s1. The van der Waals surface area contributed by atoms with Gasteiger partial charge >= 0.3 is 0 Å². The lowest BCUT2D eigenvalue weighted by molar-refractivity contribution is 0.155. The van der Waals surface area contributed by atoms with Gasteiger partial charge in [-0.3, -0.25) is 9.69 Å². The van der Waals surface area contributed by atoms with E-state index in [0.29, 0.717) is 6.54 Å². The molecule has 0 amide bonds. The Balaban J connectivity index is 1.78. The minimum Gasteiger partial charge on any atom is -0.322 e. The predicted molar refractivity (Wildman–Crippen MR) is 133 cm³/mol. The first-order valence-corrected chi connectivity index (χ1v) is 12.2. The number of hydrogen-bond donors (Lipinski definition) is 1. The van der Waals surface area contributed by atoms with Crippen LogP contribution in [0, 0.1) is 13.8 Å². The van der Waals surface area contributed by atoms with Crippen LogP contribution in [0.25, 0.3) is 10.9 Å². The van der Waals surface area contributed by atoms with Gasteiger partial charge in [0.05, 0.1) is 11.6 Å². The first-order chi connectivity index (χ1) is 15.7. The Morgan fingerprint density at radius 1 is 1.18 bits per heavy atom. The second-order valence-electron chi connectivity index (χ2n) is 9.69. The van der Waals surface area contributed by atoms with Crippen LogP contribution in [0.2, 0.25) is 0 Å². The quantitative estimate of drug-likeness (QED) is 0.411. The van der Waals surface area contributed by atoms with Crippen molar-refractivity contribution in [3.8, 4) is 0 Å². The lowest BCUT2D eigenvalue weighted by Gasteiger charge is -2.32. The zero-order chi connectivity index (χ0) is 23.8. The summed E-state index contributed by atoms with van der Waals surface area (Å²) in [6.45, 7) is 13.8. The highest BCUT2D eigenvalue weighted by molar-refractivity contribution is 7.09. The van der Waals surface area contributed by atoms with Crippen LogP contribution in [-0.4, -0.2) is 30.1 Å². The van der Waals surface area contributed by atoms with Gasteiger partial charge in [0, 0.05) is 34.4 Å². The Bertz CT molecular complexity index is 1300. The van der Waals surface area contributed by atoms with Crippen molar-refractivity contribution in [3.05, 3.63) is 73.5 Å². The third-order valence-corrected chi connectivity index (χ3v) is 6.82. The number of pyridine rings is 1. The number of thiophene rings is 1. The summed E-state index contributed by atoms with van der Waals surface area (Å²) in [4.78, 5) is 19.8. The zero-order valence-electron chi connectivity index (χ0n) is 20.2. The summed E-state index contributed by atoms with van der Waals surface area (Å²) in [7, 11) is 0. The zero-order valence-corrected chi connectivity index (χ0v) is 21.0. The molecule has 1 aromatic carbocycles. The molecular weight excluding hydrogens is 432 g/mol. The molecule has 0 aliphatic heterocycles. The smallest absolute Gasteiger partial charge is 0.252 e. The Hall–Kier alpha value is -2.84. The van der Waals surface area contributed by atoms with Crippen LogP contribution in [0.4, 0.5) is 0 Å². The average molecular weight is 465 g/mol. The summed E-state index contributed by atoms with van der Waals surface area (Å²) in [6, 6.07) is 10.4. The molecule has 0 bridgehead atoms. The van der Waals surface area contributed by atoms with E-state index in [9.17, 15) is 4.79 Å². The molecule has 0 fully saturated rings. The fourth-order valence-corrected chi connectivity index (χ4v) is 5.14. The highest BCUT2D eigenvalue weighted by atomic mass is 32.1. The van der Waals surface area contributed by atoms with Gasteiger partial charge in [-0.15, -0.1) is 16.4 Å². The molecule has 0 unspecified atom stereocenters. The third kappa shape index (κ3) is 4.91. The molecule has 1 N–H and O–H groups in total. The van der Waals surface area contributed by atoms with Crippen LogP contribution in [0.15, 0.2) is 40.5 Å². The number of tetrazole rings is 1. The van der Waals surface area contributed by atoms with E-state index in [1.807, 2.05) is 23.7 Å². The molecule has 3 aromatic heterocycles. The van der Waals surface area contributed by atoms with Gasteiger partial charge < -0.3 is 4.98 Å². The molecule has 33 heavy (non-hydrogen) atoms. The van der Waals surface area contributed by atoms with Crippen molar-refractivity contribution in [2.24, 2.45) is 0 Å². The minimum absolute atomic E-state index is 0.0319. The van der Waals surface area contributed by atoms with Gasteiger partial charge in [0.2, 0.25) is 0 Å². The third-order valence-electron chi connectivity index (χ3n) is 5.96. The molecule has 0 aliphatic carbocycles. The molecule has 0 saturated heterocycles. The van der Waals surface area contributed by atoms with Crippen molar-refractivity contribution in [2.75, 3.05) is 0 Å². The number of nitrogens with one attached hydrogen (secondary N) is 1. The highest BCUT2D eigenvalue weighted by Gasteiger charge is 2.30. The lowest BCUT2D eigenvalue weighted by atomic mass is 10.0. The molecule has 3 heterocycles. The Morgan fingerprint density at radius 2 is 1.97 bits per heavy atom. The summed E-state index contributed by atoms with van der Waals surface area (Å²) < 4.78 is 1.90. The molecule has 4 aromatic rings. The molecule has 0 aliphatic rings. The molecule has 1 atom stereocenters. The van der Waals surface area contributed by atoms with Crippen molar-refractivity contribution < 1.29 is 0 Å². The van der Waals surface area contributed by atoms with Crippen molar-refractivity contribution in [3.63, 3.8) is 0 Å². The number of aryl methyl sites for hydroxylation is 2. The number of fused-ring (bicyclic) bond motifs is 1. The molecule has 8 heteroatoms. The Labute approximate surface area is 198 Å². The Kier molecular flexibility index (Phi) is 6.50. The van der Waals surface area contributed by atoms with Crippen LogP contribution in [-0.2, 0) is 18.6 Å². The maximum absolute atomic E-state index is 13.1. The fraction of sp³-hybridized carbons (Fsp3) is 0.440. The molecule has 0 saturated carbocycles. The number of rotatable bonds is 7. The van der Waals surface area contributed by atoms with E-state index in [1.165, 1.54) is 4.88 Å². The second kappa shape index (κ2) is 9.19. The van der Waals surface area contributed by atoms with Crippen LogP contribution in [0.5, 0.6) is 0 Å². The van der Waals surface area contributed by atoms with E-state index >= 15 is 0 Å². The van der Waals surface area contributed by atoms with E-state index < -0.39 is 0 Å². The van der Waals surface area contributed by atoms with E-state index in [-0.39, 0.29) is 17.1 Å². The maximum atomic E-state index is 13.1. The maximum Gasteiger partial charge on any atom is 0.252 e. The summed E-state index contributed by atoms with van der Waals surface area (Å²) >= 11 is 1.72. The lowest BCUT2D eigenvalue weighted by Crippen LogP contribution is -2.35. The van der Waals surface area contributed by atoms with Crippen molar-refractivity contribution in [2.45, 2.75) is 72.6 Å². The number of nitrogens with zero attached hydrogens (tertiary/aromatic N) is 5. The van der Waals surface area contributed by atoms with Gasteiger partial charge in [-0.25, -0.2) is 4.68 Å². The monoisotopic (exact) mass is 464 g/mol. The van der Waals surface area contributed by atoms with E-state index in [4.69, 9.17) is 0 Å². The molecule has 0 radical (unpaired) electrons. The van der Waals surface area contributed by atoms with Gasteiger partial charge in [-0.2, -0.15) is 0 Å². The van der Waals surface area contributed by atoms with Crippen molar-refractivity contribution in [1.82, 2.24) is 30.1 Å². The van der Waals surface area contributed by atoms with Gasteiger partial charge in [-0.1, -0.05) is 19.1 Å². The van der Waals surface area contributed by atoms with Crippen LogP contribution in [0.1, 0.15) is 67.5 Å². The minimum atomic E-state index is -0.240. The first-order valence-electron chi connectivity index (χ1n) is 11.4. The number of aromatic nitrogens is 5. The summed E-state index contributed by atoms with van der Waals surface area (Å²) in [5, 5.41) is 15.9. The highest BCUT2D eigenvalue weighted by Crippen LogP contribution is 2.30. The number of benzene rings is 1. The van der Waals surface area contributed by atoms with Crippen molar-refractivity contribution in [1.29, 1.82) is 0 Å². The summed E-state index contributed by atoms with van der Waals surface area (Å²) in [5.41, 5.74) is 3.65. The predicted octanol–water partition coefficient (Wildman–Crippen LogP) is 5.10. The number of aromatic amines is 1. The summed E-state index contributed by atoms with van der Waals surface area (Å²) in [6.07, 6.45) is 0.825. The number of H-pyrrole nitrogens is 1. The molecular formula is C25H32N6OS. The van der Waals surface area contributed by atoms with E-state index in [1.54, 1.807) is 11.3 Å². The molecule has 0 spiro atoms. The van der Waals surface area contributed by atoms with Crippen LogP contribution in [0.3, 0.4) is 0 Å². The van der Waals surface area contributed by atoms with Crippen LogP contribution < -0.4 is 5.56 Å². The SMILES string of the molecule is CC[C@@H](c1nnnn1C(C)(C)C)N(Cc1cccs1)Cc1cc2c(C)cc(C)cc2[nH]c1=O. The number of hydrogen-bond acceptors (Lipinski definition) is 6. The largest absolute Gasteiger partial charge is 0.322 e. The van der Waals surface area contributed by atoms with E-state index in [2.05, 4.69) is 83.6 Å². The molecule has 174 valence electrons. The van der Waals surface area contributed by atoms with E-state index in [0.717, 1.165) is 46.4 Å². The fourth-order valence-electron chi connectivity index (χ4n) is 4.42. The molecule has 4 rings (SSSR count). The normalized spacial score (nSPS) is 13.2. The van der Waals surface area contributed by atoms with Crippen LogP contribution >= 0.6 is 11.3 Å².